The average Bonchev–Trinajstić information content (AvgIpc) is 2.09. The van der Waals surface area contributed by atoms with E-state index in [2.05, 4.69) is 31.9 Å². The number of primary amides is 1. The lowest BCUT2D eigenvalue weighted by Crippen LogP contribution is -2.60. The molecule has 498 valence electrons. The van der Waals surface area contributed by atoms with Crippen LogP contribution in [0.15, 0.2) is 54.6 Å². The van der Waals surface area contributed by atoms with Crippen LogP contribution < -0.4 is 43.4 Å². The summed E-state index contributed by atoms with van der Waals surface area (Å²) in [6.45, 7) is 17.1. The van der Waals surface area contributed by atoms with Crippen molar-refractivity contribution in [3.05, 3.63) is 65.7 Å². The number of hydrogen-bond acceptors (Lipinski definition) is 14. The third-order valence-electron chi connectivity index (χ3n) is 16.6. The van der Waals surface area contributed by atoms with Gasteiger partial charge in [0.05, 0.1) is 36.6 Å². The predicted octanol–water partition coefficient (Wildman–Crippen LogP) is 4.68. The fraction of sp³-hybridized carbons (Fsp3) is 0.656. The molecule has 1 aliphatic rings. The molecular weight excluding hydrogens is 1150 g/mol. The number of unbranched alkanes of at least 4 members (excludes halogenated alkanes) is 2. The number of urea groups is 1. The molecule has 0 saturated carbocycles. The number of anilines is 1. The van der Waals surface area contributed by atoms with Crippen molar-refractivity contribution in [1.82, 2.24) is 41.3 Å². The number of nitrogens with two attached hydrogens (primary N) is 2. The summed E-state index contributed by atoms with van der Waals surface area (Å²) < 4.78 is 17.7. The molecule has 0 aromatic heterocycles. The Bertz CT molecular complexity index is 2610. The summed E-state index contributed by atoms with van der Waals surface area (Å²) in [5.74, 6) is -6.62. The Morgan fingerprint density at radius 1 is 0.708 bits per heavy atom. The summed E-state index contributed by atoms with van der Waals surface area (Å²) >= 11 is 0. The summed E-state index contributed by atoms with van der Waals surface area (Å²) in [5, 5.41) is 26.4. The first-order valence-electron chi connectivity index (χ1n) is 31.2. The SMILES string of the molecule is CC[C@H](C)[C@@H]([C@@H](CC(=O)N1CCC[C@H]1[C@H](OC)[C@@H](C)C(=O)N[C@@H](Cc1ccccc1)C(=O)O)OC)N(C)C(=O)[C@@H](NC(=O)C(C(C)C)N(C)C(=O)OCc1ccc(NC(=O)[C@H](CCCNC(N)=O)NC(=O)C(NC(=O)CCCCCN)C(C)C)cc1)C(C)C. The third-order valence-corrected chi connectivity index (χ3v) is 16.6. The van der Waals surface area contributed by atoms with E-state index < -0.39 is 120 Å². The Labute approximate surface area is 525 Å². The van der Waals surface area contributed by atoms with E-state index in [-0.39, 0.29) is 68.9 Å². The number of hydrogen-bond donors (Lipinski definition) is 9. The maximum atomic E-state index is 14.8. The number of carbonyl (C=O) groups is 10. The van der Waals surface area contributed by atoms with Crippen LogP contribution in [-0.2, 0) is 65.6 Å². The number of amides is 10. The minimum atomic E-state index is -1.19. The summed E-state index contributed by atoms with van der Waals surface area (Å²) in [7, 11) is 5.99. The van der Waals surface area contributed by atoms with Gasteiger partial charge in [-0.1, -0.05) is 118 Å². The number of ether oxygens (including phenoxy) is 3. The van der Waals surface area contributed by atoms with E-state index in [1.54, 1.807) is 109 Å². The number of aliphatic carboxylic acids is 1. The number of benzene rings is 2. The van der Waals surface area contributed by atoms with Gasteiger partial charge in [-0.15, -0.1) is 0 Å². The molecule has 1 saturated heterocycles. The number of methoxy groups -OCH3 is 2. The Morgan fingerprint density at radius 3 is 1.91 bits per heavy atom. The lowest BCUT2D eigenvalue weighted by atomic mass is 9.89. The van der Waals surface area contributed by atoms with E-state index in [0.717, 1.165) is 18.4 Å². The molecule has 1 fully saturated rings. The van der Waals surface area contributed by atoms with Gasteiger partial charge in [0.15, 0.2) is 0 Å². The van der Waals surface area contributed by atoms with Crippen molar-refractivity contribution in [2.24, 2.45) is 41.1 Å². The predicted molar refractivity (Wildman–Crippen MR) is 337 cm³/mol. The number of carboxylic acids is 1. The lowest BCUT2D eigenvalue weighted by Gasteiger charge is -2.41. The molecule has 3 rings (SSSR count). The van der Waals surface area contributed by atoms with Gasteiger partial charge in [-0.2, -0.15) is 0 Å². The third kappa shape index (κ3) is 23.8. The number of likely N-dealkylation sites (N-methyl/N-ethyl adjacent to an activating group) is 2. The summed E-state index contributed by atoms with van der Waals surface area (Å²) in [6, 6.07) is 8.18. The summed E-state index contributed by atoms with van der Waals surface area (Å²) in [5.41, 5.74) is 12.4. The molecule has 2 aromatic rings. The zero-order chi connectivity index (χ0) is 66.7. The monoisotopic (exact) mass is 1250 g/mol. The van der Waals surface area contributed by atoms with Gasteiger partial charge in [-0.3, -0.25) is 38.5 Å². The molecule has 0 spiro atoms. The smallest absolute Gasteiger partial charge is 0.410 e. The van der Waals surface area contributed by atoms with Crippen LogP contribution in [0.25, 0.3) is 0 Å². The maximum Gasteiger partial charge on any atom is 0.410 e. The molecule has 0 aliphatic carbocycles. The quantitative estimate of drug-likeness (QED) is 0.0412. The number of carboxylic acid groups (broad SMARTS) is 1. The molecule has 1 heterocycles. The molecule has 25 nitrogen and oxygen atoms in total. The van der Waals surface area contributed by atoms with Crippen LogP contribution in [0, 0.1) is 29.6 Å². The fourth-order valence-corrected chi connectivity index (χ4v) is 11.3. The second kappa shape index (κ2) is 38.2. The van der Waals surface area contributed by atoms with Gasteiger partial charge in [0.2, 0.25) is 41.4 Å². The average molecular weight is 1250 g/mol. The van der Waals surface area contributed by atoms with Crippen LogP contribution in [0.4, 0.5) is 15.3 Å². The largest absolute Gasteiger partial charge is 0.480 e. The molecule has 10 amide bonds. The number of rotatable bonds is 38. The fourth-order valence-electron chi connectivity index (χ4n) is 11.3. The highest BCUT2D eigenvalue weighted by Crippen LogP contribution is 2.30. The standard InChI is InChI=1S/C64H103N11O14/c1-14-41(8)55(49(87-12)36-51(77)75-34-22-26-48(75)56(88-13)42(9)57(78)70-47(62(83)84)35-43-23-17-15-18-24-43)73(10)61(82)53(39(4)5)72-60(81)54(40(6)7)74(11)64(86)89-37-44-28-30-45(31-29-44)68-58(79)46(25-21-33-67-63(66)85)69-59(80)52(38(2)3)71-50(76)27-19-16-20-32-65/h15,17-18,23-24,28-31,38-42,46-49,52-56H,14,16,19-22,25-27,32-37,65H2,1-13H3,(H,68,79)(H,69,80)(H,70,78)(H,71,76)(H,72,81)(H,83,84)(H3,66,67,85)/t41-,42+,46-,47-,48-,49+,52?,53-,54?,55-,56+/m0/s1. The van der Waals surface area contributed by atoms with E-state index >= 15 is 0 Å². The normalized spacial score (nSPS) is 16.5. The molecule has 25 heteroatoms. The Balaban J connectivity index is 1.71. The topological polar surface area (TPSA) is 353 Å². The van der Waals surface area contributed by atoms with Crippen molar-refractivity contribution in [3.8, 4) is 0 Å². The van der Waals surface area contributed by atoms with E-state index in [1.165, 1.54) is 31.1 Å². The summed E-state index contributed by atoms with van der Waals surface area (Å²) in [6.07, 6.45) is 2.12. The van der Waals surface area contributed by atoms with Crippen molar-refractivity contribution in [1.29, 1.82) is 0 Å². The van der Waals surface area contributed by atoms with Crippen molar-refractivity contribution in [2.45, 2.75) is 194 Å². The highest BCUT2D eigenvalue weighted by atomic mass is 16.6. The first-order chi connectivity index (χ1) is 42.1. The zero-order valence-electron chi connectivity index (χ0n) is 54.6. The molecule has 0 radical (unpaired) electrons. The van der Waals surface area contributed by atoms with Gasteiger partial charge < -0.3 is 72.5 Å². The molecule has 1 aliphatic heterocycles. The van der Waals surface area contributed by atoms with Crippen LogP contribution in [0.5, 0.6) is 0 Å². The van der Waals surface area contributed by atoms with E-state index in [1.807, 2.05) is 19.9 Å². The summed E-state index contributed by atoms with van der Waals surface area (Å²) in [4.78, 5) is 139. The Kier molecular flexibility index (Phi) is 32.6. The number of likely N-dealkylation sites (tertiary alicyclic amines) is 1. The van der Waals surface area contributed by atoms with Crippen molar-refractivity contribution in [3.63, 3.8) is 0 Å². The number of carbonyl (C=O) groups excluding carboxylic acids is 9. The van der Waals surface area contributed by atoms with Gasteiger partial charge in [0, 0.05) is 59.9 Å². The molecule has 2 unspecified atom stereocenters. The van der Waals surface area contributed by atoms with Crippen LogP contribution in [0.3, 0.4) is 0 Å². The first-order valence-corrected chi connectivity index (χ1v) is 31.2. The molecule has 2 aromatic carbocycles. The van der Waals surface area contributed by atoms with Crippen molar-refractivity contribution in [2.75, 3.05) is 53.3 Å². The van der Waals surface area contributed by atoms with Crippen LogP contribution in [0.1, 0.15) is 138 Å². The van der Waals surface area contributed by atoms with Gasteiger partial charge in [-0.25, -0.2) is 14.4 Å². The van der Waals surface area contributed by atoms with Crippen LogP contribution in [-0.4, -0.2) is 182 Å². The number of nitrogens with one attached hydrogen (secondary N) is 6. The van der Waals surface area contributed by atoms with E-state index in [4.69, 9.17) is 25.7 Å². The van der Waals surface area contributed by atoms with Crippen LogP contribution in [0.2, 0.25) is 0 Å². The molecular formula is C64H103N11O14. The first kappa shape index (κ1) is 75.9. The second-order valence-electron chi connectivity index (χ2n) is 24.3. The van der Waals surface area contributed by atoms with Gasteiger partial charge >= 0.3 is 18.1 Å². The molecule has 11 atom stereocenters. The van der Waals surface area contributed by atoms with E-state index in [0.29, 0.717) is 50.0 Å². The van der Waals surface area contributed by atoms with Crippen LogP contribution >= 0.6 is 0 Å². The maximum absolute atomic E-state index is 14.8. The molecule has 89 heavy (non-hydrogen) atoms. The van der Waals surface area contributed by atoms with E-state index in [9.17, 15) is 53.1 Å². The second-order valence-corrected chi connectivity index (χ2v) is 24.3. The highest BCUT2D eigenvalue weighted by Gasteiger charge is 2.44. The lowest BCUT2D eigenvalue weighted by molar-refractivity contribution is -0.148. The van der Waals surface area contributed by atoms with Gasteiger partial charge in [0.1, 0.15) is 36.8 Å². The van der Waals surface area contributed by atoms with Gasteiger partial charge in [-0.05, 0) is 92.0 Å². The van der Waals surface area contributed by atoms with Crippen molar-refractivity contribution < 1.29 is 67.3 Å². The Hall–Kier alpha value is -7.38. The highest BCUT2D eigenvalue weighted by molar-refractivity contribution is 5.98. The minimum Gasteiger partial charge on any atom is -0.480 e. The Morgan fingerprint density at radius 2 is 1.35 bits per heavy atom. The molecule has 11 N–H and O–H groups in total. The van der Waals surface area contributed by atoms with Gasteiger partial charge in [0.25, 0.3) is 0 Å². The molecule has 0 bridgehead atoms. The minimum absolute atomic E-state index is 0.0809. The zero-order valence-corrected chi connectivity index (χ0v) is 54.6. The van der Waals surface area contributed by atoms with Crippen molar-refractivity contribution >= 4 is 65.1 Å². The number of nitrogens with zero attached hydrogens (tertiary/aromatic N) is 3.